The van der Waals surface area contributed by atoms with Crippen LogP contribution in [0.3, 0.4) is 0 Å². The quantitative estimate of drug-likeness (QED) is 0.524. The topological polar surface area (TPSA) is 94.2 Å². The largest absolute Gasteiger partial charge is 0.486 e. The smallest absolute Gasteiger partial charge is 0.241 e. The van der Waals surface area contributed by atoms with Crippen molar-refractivity contribution in [1.82, 2.24) is 5.32 Å². The maximum atomic E-state index is 12.9. The molecular formula is C25H26N2O6S. The molecule has 0 radical (unpaired) electrons. The van der Waals surface area contributed by atoms with E-state index in [2.05, 4.69) is 5.32 Å². The lowest BCUT2D eigenvalue weighted by Gasteiger charge is -2.25. The Kier molecular flexibility index (Phi) is 6.93. The number of benzene rings is 3. The van der Waals surface area contributed by atoms with Crippen molar-refractivity contribution in [1.29, 1.82) is 0 Å². The molecule has 9 heteroatoms. The fraction of sp³-hybridized carbons (Fsp3) is 0.240. The first-order chi connectivity index (χ1) is 16.3. The van der Waals surface area contributed by atoms with Crippen molar-refractivity contribution in [2.75, 3.05) is 30.3 Å². The van der Waals surface area contributed by atoms with E-state index >= 15 is 0 Å². The van der Waals surface area contributed by atoms with Gasteiger partial charge in [0.2, 0.25) is 15.9 Å². The third-order valence-corrected chi connectivity index (χ3v) is 6.36. The summed E-state index contributed by atoms with van der Waals surface area (Å²) < 4.78 is 43.4. The van der Waals surface area contributed by atoms with Crippen LogP contribution in [0.1, 0.15) is 18.5 Å². The second-order valence-electron chi connectivity index (χ2n) is 7.84. The van der Waals surface area contributed by atoms with E-state index in [1.807, 2.05) is 37.3 Å². The first kappa shape index (κ1) is 23.4. The lowest BCUT2D eigenvalue weighted by molar-refractivity contribution is -0.120. The van der Waals surface area contributed by atoms with E-state index in [1.54, 1.807) is 42.5 Å². The Bertz CT molecular complexity index is 1260. The predicted molar refractivity (Wildman–Crippen MR) is 129 cm³/mol. The summed E-state index contributed by atoms with van der Waals surface area (Å²) in [5.41, 5.74) is 1.09. The Morgan fingerprint density at radius 2 is 1.68 bits per heavy atom. The van der Waals surface area contributed by atoms with Crippen LogP contribution in [0, 0.1) is 0 Å². The molecule has 0 fully saturated rings. The van der Waals surface area contributed by atoms with Crippen LogP contribution >= 0.6 is 0 Å². The van der Waals surface area contributed by atoms with Crippen molar-refractivity contribution in [3.05, 3.63) is 78.4 Å². The molecule has 178 valence electrons. The number of ether oxygens (including phenoxy) is 3. The highest BCUT2D eigenvalue weighted by Crippen LogP contribution is 2.34. The number of amides is 1. The highest BCUT2D eigenvalue weighted by Gasteiger charge is 2.25. The molecule has 0 aromatic heterocycles. The molecule has 34 heavy (non-hydrogen) atoms. The molecule has 1 aliphatic rings. The Balaban J connectivity index is 1.52. The van der Waals surface area contributed by atoms with Crippen LogP contribution in [-0.2, 0) is 14.8 Å². The molecule has 3 aromatic rings. The molecule has 0 saturated carbocycles. The zero-order valence-electron chi connectivity index (χ0n) is 18.9. The molecule has 0 bridgehead atoms. The number of fused-ring (bicyclic) bond motifs is 1. The van der Waals surface area contributed by atoms with Gasteiger partial charge >= 0.3 is 0 Å². The van der Waals surface area contributed by atoms with Gasteiger partial charge < -0.3 is 19.5 Å². The maximum Gasteiger partial charge on any atom is 0.241 e. The molecule has 0 aliphatic carbocycles. The molecule has 3 aromatic carbocycles. The van der Waals surface area contributed by atoms with Crippen molar-refractivity contribution in [2.45, 2.75) is 13.0 Å². The van der Waals surface area contributed by atoms with Crippen LogP contribution in [0.25, 0.3) is 0 Å². The summed E-state index contributed by atoms with van der Waals surface area (Å²) in [4.78, 5) is 12.9. The normalized spacial score (nSPS) is 13.6. The standard InChI is InChI=1S/C25H26N2O6S/c1-18(19-12-13-23-24(16-19)32-15-14-31-23)26-25(28)17-27(34(2,29)30)21-10-6-7-11-22(21)33-20-8-4-3-5-9-20/h3-13,16,18H,14-15,17H2,1-2H3,(H,26,28)/t18-/m1/s1. The van der Waals surface area contributed by atoms with Crippen molar-refractivity contribution in [2.24, 2.45) is 0 Å². The third-order valence-electron chi connectivity index (χ3n) is 5.24. The molecule has 8 nitrogen and oxygen atoms in total. The van der Waals surface area contributed by atoms with Crippen LogP contribution in [0.5, 0.6) is 23.0 Å². The van der Waals surface area contributed by atoms with E-state index < -0.39 is 22.5 Å². The Morgan fingerprint density at radius 3 is 2.41 bits per heavy atom. The molecule has 1 amide bonds. The van der Waals surface area contributed by atoms with Gasteiger partial charge in [-0.1, -0.05) is 36.4 Å². The molecular weight excluding hydrogens is 456 g/mol. The molecule has 0 unspecified atom stereocenters. The number of para-hydroxylation sites is 3. The van der Waals surface area contributed by atoms with Gasteiger partial charge in [-0.15, -0.1) is 0 Å². The zero-order valence-corrected chi connectivity index (χ0v) is 19.7. The van der Waals surface area contributed by atoms with E-state index in [4.69, 9.17) is 14.2 Å². The van der Waals surface area contributed by atoms with Gasteiger partial charge in [-0.25, -0.2) is 8.42 Å². The Morgan fingerprint density at radius 1 is 1.00 bits per heavy atom. The molecule has 4 rings (SSSR count). The average Bonchev–Trinajstić information content (AvgIpc) is 2.83. The van der Waals surface area contributed by atoms with Crippen molar-refractivity contribution < 1.29 is 27.4 Å². The number of hydrogen-bond donors (Lipinski definition) is 1. The van der Waals surface area contributed by atoms with Gasteiger partial charge in [-0.2, -0.15) is 0 Å². The molecule has 1 aliphatic heterocycles. The van der Waals surface area contributed by atoms with Gasteiger partial charge in [0, 0.05) is 0 Å². The number of anilines is 1. The summed E-state index contributed by atoms with van der Waals surface area (Å²) in [5, 5.41) is 2.86. The van der Waals surface area contributed by atoms with Gasteiger partial charge in [0.15, 0.2) is 17.2 Å². The molecule has 1 atom stereocenters. The number of nitrogens with one attached hydrogen (secondary N) is 1. The summed E-state index contributed by atoms with van der Waals surface area (Å²) in [6.07, 6.45) is 1.06. The number of rotatable bonds is 8. The Labute approximate surface area is 199 Å². The van der Waals surface area contributed by atoms with E-state index in [9.17, 15) is 13.2 Å². The van der Waals surface area contributed by atoms with Gasteiger partial charge in [0.1, 0.15) is 25.5 Å². The molecule has 0 spiro atoms. The number of sulfonamides is 1. The fourth-order valence-corrected chi connectivity index (χ4v) is 4.44. The van der Waals surface area contributed by atoms with Gasteiger partial charge in [-0.3, -0.25) is 9.10 Å². The minimum absolute atomic E-state index is 0.274. The zero-order chi connectivity index (χ0) is 24.1. The first-order valence-electron chi connectivity index (χ1n) is 10.8. The van der Waals surface area contributed by atoms with Crippen molar-refractivity contribution in [3.8, 4) is 23.0 Å². The van der Waals surface area contributed by atoms with Crippen molar-refractivity contribution >= 4 is 21.6 Å². The maximum absolute atomic E-state index is 12.9. The van der Waals surface area contributed by atoms with E-state index in [0.717, 1.165) is 16.1 Å². The van der Waals surface area contributed by atoms with E-state index in [0.29, 0.717) is 36.2 Å². The molecule has 1 N–H and O–H groups in total. The summed E-state index contributed by atoms with van der Waals surface area (Å²) in [6, 6.07) is 20.8. The lowest BCUT2D eigenvalue weighted by atomic mass is 10.1. The van der Waals surface area contributed by atoms with Crippen LogP contribution in [0.15, 0.2) is 72.8 Å². The predicted octanol–water partition coefficient (Wildman–Crippen LogP) is 3.89. The summed E-state index contributed by atoms with van der Waals surface area (Å²) in [6.45, 7) is 2.38. The van der Waals surface area contributed by atoms with Crippen LogP contribution < -0.4 is 23.8 Å². The van der Waals surface area contributed by atoms with Gasteiger partial charge in [-0.05, 0) is 48.9 Å². The van der Waals surface area contributed by atoms with Gasteiger partial charge in [0.25, 0.3) is 0 Å². The number of carbonyl (C=O) groups is 1. The van der Waals surface area contributed by atoms with Crippen molar-refractivity contribution in [3.63, 3.8) is 0 Å². The summed E-state index contributed by atoms with van der Waals surface area (Å²) in [5.74, 6) is 1.70. The highest BCUT2D eigenvalue weighted by atomic mass is 32.2. The average molecular weight is 483 g/mol. The number of hydrogen-bond acceptors (Lipinski definition) is 6. The summed E-state index contributed by atoms with van der Waals surface area (Å²) >= 11 is 0. The van der Waals surface area contributed by atoms with Crippen LogP contribution in [0.4, 0.5) is 5.69 Å². The van der Waals surface area contributed by atoms with E-state index in [1.165, 1.54) is 0 Å². The Hall–Kier alpha value is -3.72. The SMILES string of the molecule is C[C@@H](NC(=O)CN(c1ccccc1Oc1ccccc1)S(C)(=O)=O)c1ccc2c(c1)OCCO2. The monoisotopic (exact) mass is 482 g/mol. The fourth-order valence-electron chi connectivity index (χ4n) is 3.58. The second-order valence-corrected chi connectivity index (χ2v) is 9.75. The van der Waals surface area contributed by atoms with E-state index in [-0.39, 0.29) is 11.7 Å². The molecule has 1 heterocycles. The number of nitrogens with zero attached hydrogens (tertiary/aromatic N) is 1. The third kappa shape index (κ3) is 5.60. The number of carbonyl (C=O) groups excluding carboxylic acids is 1. The summed E-state index contributed by atoms with van der Waals surface area (Å²) in [7, 11) is -3.78. The lowest BCUT2D eigenvalue weighted by Crippen LogP contribution is -2.41. The first-order valence-corrected chi connectivity index (χ1v) is 12.6. The minimum Gasteiger partial charge on any atom is -0.486 e. The van der Waals surface area contributed by atoms with Gasteiger partial charge in [0.05, 0.1) is 18.0 Å². The molecule has 0 saturated heterocycles. The van der Waals surface area contributed by atoms with Crippen LogP contribution in [0.2, 0.25) is 0 Å². The minimum atomic E-state index is -3.78. The van der Waals surface area contributed by atoms with Crippen LogP contribution in [-0.4, -0.2) is 40.3 Å². The highest BCUT2D eigenvalue weighted by molar-refractivity contribution is 7.92. The second kappa shape index (κ2) is 10.0.